The predicted molar refractivity (Wildman–Crippen MR) is 84.0 cm³/mol. The highest BCUT2D eigenvalue weighted by Crippen LogP contribution is 2.29. The van der Waals surface area contributed by atoms with Crippen LogP contribution in [-0.4, -0.2) is 36.9 Å². The summed E-state index contributed by atoms with van der Waals surface area (Å²) in [4.78, 5) is 0.195. The summed E-state index contributed by atoms with van der Waals surface area (Å²) in [6, 6.07) is 4.52. The predicted octanol–water partition coefficient (Wildman–Crippen LogP) is 2.25. The minimum absolute atomic E-state index is 0.0848. The molecule has 9 heteroatoms. The number of oxime groups is 1. The molecule has 21 heavy (non-hydrogen) atoms. The van der Waals surface area contributed by atoms with Gasteiger partial charge in [0.2, 0.25) is 10.0 Å². The smallest absolute Gasteiger partial charge is 0.243 e. The lowest BCUT2D eigenvalue weighted by molar-refractivity contribution is 0.291. The largest absolute Gasteiger partial charge is 0.409 e. The van der Waals surface area contributed by atoms with E-state index in [2.05, 4.69) is 21.1 Å². The van der Waals surface area contributed by atoms with Crippen molar-refractivity contribution in [3.8, 4) is 0 Å². The van der Waals surface area contributed by atoms with Crippen LogP contribution >= 0.6 is 27.5 Å². The first-order valence-corrected chi connectivity index (χ1v) is 8.90. The topological polar surface area (TPSA) is 96.0 Å². The Balaban J connectivity index is 2.16. The monoisotopic (exact) mass is 395 g/mol. The van der Waals surface area contributed by atoms with E-state index in [1.807, 2.05) is 0 Å². The molecule has 116 valence electrons. The molecule has 1 fully saturated rings. The molecule has 0 atom stereocenters. The van der Waals surface area contributed by atoms with E-state index >= 15 is 0 Å². The Morgan fingerprint density at radius 3 is 2.57 bits per heavy atom. The number of hydrogen-bond donors (Lipinski definition) is 2. The third-order valence-electron chi connectivity index (χ3n) is 3.52. The van der Waals surface area contributed by atoms with Gasteiger partial charge in [-0.25, -0.2) is 8.42 Å². The summed E-state index contributed by atoms with van der Waals surface area (Å²) in [5.41, 5.74) is 5.56. The number of amidine groups is 1. The highest BCUT2D eigenvalue weighted by molar-refractivity contribution is 9.10. The minimum Gasteiger partial charge on any atom is -0.409 e. The highest BCUT2D eigenvalue weighted by atomic mass is 79.9. The molecular formula is C12H15BrClN3O3S. The van der Waals surface area contributed by atoms with Gasteiger partial charge in [-0.3, -0.25) is 0 Å². The van der Waals surface area contributed by atoms with E-state index in [0.29, 0.717) is 35.4 Å². The molecule has 0 radical (unpaired) electrons. The molecule has 1 aromatic carbocycles. The fourth-order valence-corrected chi connectivity index (χ4v) is 4.40. The summed E-state index contributed by atoms with van der Waals surface area (Å²) < 4.78 is 27.0. The van der Waals surface area contributed by atoms with Crippen LogP contribution in [0.1, 0.15) is 12.8 Å². The number of hydrogen-bond acceptors (Lipinski definition) is 4. The van der Waals surface area contributed by atoms with Gasteiger partial charge in [0.25, 0.3) is 0 Å². The Labute approximate surface area is 136 Å². The maximum Gasteiger partial charge on any atom is 0.243 e. The van der Waals surface area contributed by atoms with Crippen LogP contribution in [0.2, 0.25) is 5.02 Å². The van der Waals surface area contributed by atoms with Crippen LogP contribution in [0.4, 0.5) is 0 Å². The second-order valence-corrected chi connectivity index (χ2v) is 7.98. The standard InChI is InChI=1S/C12H15BrClN3O3S/c13-10-7-9(1-2-11(10)14)21(19,20)17-5-3-8(4-6-17)12(15)16-18/h1-2,7-8,18H,3-6H2,(H2,15,16). The van der Waals surface area contributed by atoms with Crippen molar-refractivity contribution in [3.63, 3.8) is 0 Å². The van der Waals surface area contributed by atoms with Gasteiger partial charge in [0.1, 0.15) is 5.84 Å². The third-order valence-corrected chi connectivity index (χ3v) is 6.63. The molecule has 0 unspecified atom stereocenters. The van der Waals surface area contributed by atoms with Crippen molar-refractivity contribution in [2.75, 3.05) is 13.1 Å². The zero-order valence-corrected chi connectivity index (χ0v) is 14.2. The number of rotatable bonds is 3. The molecule has 2 rings (SSSR count). The summed E-state index contributed by atoms with van der Waals surface area (Å²) in [6.45, 7) is 0.674. The van der Waals surface area contributed by atoms with Crippen LogP contribution in [0.3, 0.4) is 0 Å². The van der Waals surface area contributed by atoms with Gasteiger partial charge in [0.05, 0.1) is 9.92 Å². The van der Waals surface area contributed by atoms with Crippen molar-refractivity contribution in [1.29, 1.82) is 0 Å². The number of halogens is 2. The lowest BCUT2D eigenvalue weighted by atomic mass is 9.97. The second kappa shape index (κ2) is 6.51. The van der Waals surface area contributed by atoms with E-state index in [1.54, 1.807) is 6.07 Å². The molecule has 1 heterocycles. The van der Waals surface area contributed by atoms with E-state index in [9.17, 15) is 8.42 Å². The van der Waals surface area contributed by atoms with E-state index < -0.39 is 10.0 Å². The third kappa shape index (κ3) is 3.50. The average molecular weight is 397 g/mol. The van der Waals surface area contributed by atoms with Crippen molar-refractivity contribution < 1.29 is 13.6 Å². The van der Waals surface area contributed by atoms with Gasteiger partial charge in [0.15, 0.2) is 0 Å². The van der Waals surface area contributed by atoms with Gasteiger partial charge >= 0.3 is 0 Å². The molecule has 0 aromatic heterocycles. The first kappa shape index (κ1) is 16.5. The lowest BCUT2D eigenvalue weighted by Crippen LogP contribution is -2.41. The summed E-state index contributed by atoms with van der Waals surface area (Å²) in [6.07, 6.45) is 1.06. The first-order valence-electron chi connectivity index (χ1n) is 6.29. The molecule has 1 aliphatic rings. The maximum absolute atomic E-state index is 12.5. The van der Waals surface area contributed by atoms with E-state index in [0.717, 1.165) is 0 Å². The van der Waals surface area contributed by atoms with Crippen LogP contribution in [-0.2, 0) is 10.0 Å². The van der Waals surface area contributed by atoms with Gasteiger partial charge in [-0.1, -0.05) is 16.8 Å². The molecule has 0 amide bonds. The molecule has 6 nitrogen and oxygen atoms in total. The SMILES string of the molecule is N/C(=N/O)C1CCN(S(=O)(=O)c2ccc(Cl)c(Br)c2)CC1. The van der Waals surface area contributed by atoms with Crippen LogP contribution in [0, 0.1) is 5.92 Å². The summed E-state index contributed by atoms with van der Waals surface area (Å²) in [5, 5.41) is 12.1. The Morgan fingerprint density at radius 1 is 1.43 bits per heavy atom. The molecule has 0 saturated carbocycles. The van der Waals surface area contributed by atoms with E-state index in [4.69, 9.17) is 22.5 Å². The zero-order valence-electron chi connectivity index (χ0n) is 11.0. The van der Waals surface area contributed by atoms with Crippen molar-refractivity contribution in [1.82, 2.24) is 4.31 Å². The van der Waals surface area contributed by atoms with Crippen LogP contribution in [0.5, 0.6) is 0 Å². The Hall–Kier alpha value is -0.830. The molecule has 1 aliphatic heterocycles. The van der Waals surface area contributed by atoms with Gasteiger partial charge in [-0.2, -0.15) is 4.31 Å². The van der Waals surface area contributed by atoms with Crippen molar-refractivity contribution in [3.05, 3.63) is 27.7 Å². The van der Waals surface area contributed by atoms with Crippen LogP contribution in [0.25, 0.3) is 0 Å². The van der Waals surface area contributed by atoms with Gasteiger partial charge in [-0.05, 0) is 47.0 Å². The molecular weight excluding hydrogens is 382 g/mol. The fraction of sp³-hybridized carbons (Fsp3) is 0.417. The average Bonchev–Trinajstić information content (AvgIpc) is 2.49. The molecule has 0 aliphatic carbocycles. The molecule has 3 N–H and O–H groups in total. The van der Waals surface area contributed by atoms with Gasteiger partial charge in [-0.15, -0.1) is 0 Å². The number of piperidine rings is 1. The van der Waals surface area contributed by atoms with Gasteiger partial charge in [0, 0.05) is 23.5 Å². The zero-order chi connectivity index (χ0) is 15.6. The molecule has 1 aromatic rings. The van der Waals surface area contributed by atoms with Crippen molar-refractivity contribution in [2.24, 2.45) is 16.8 Å². The first-order chi connectivity index (χ1) is 9.86. The summed E-state index contributed by atoms with van der Waals surface area (Å²) >= 11 is 9.11. The molecule has 0 spiro atoms. The van der Waals surface area contributed by atoms with Crippen LogP contribution in [0.15, 0.2) is 32.7 Å². The van der Waals surface area contributed by atoms with E-state index in [1.165, 1.54) is 16.4 Å². The van der Waals surface area contributed by atoms with Gasteiger partial charge < -0.3 is 10.9 Å². The minimum atomic E-state index is -3.56. The van der Waals surface area contributed by atoms with Crippen LogP contribution < -0.4 is 5.73 Å². The van der Waals surface area contributed by atoms with Crippen molar-refractivity contribution in [2.45, 2.75) is 17.7 Å². The Morgan fingerprint density at radius 2 is 2.05 bits per heavy atom. The quantitative estimate of drug-likeness (QED) is 0.354. The number of sulfonamides is 1. The lowest BCUT2D eigenvalue weighted by Gasteiger charge is -2.30. The summed E-state index contributed by atoms with van der Waals surface area (Å²) in [5.74, 6) is 0.0692. The number of nitrogens with two attached hydrogens (primary N) is 1. The maximum atomic E-state index is 12.5. The molecule has 1 saturated heterocycles. The fourth-order valence-electron chi connectivity index (χ4n) is 2.26. The number of benzene rings is 1. The van der Waals surface area contributed by atoms with E-state index in [-0.39, 0.29) is 16.6 Å². The second-order valence-electron chi connectivity index (χ2n) is 4.78. The Kier molecular flexibility index (Phi) is 5.13. The summed E-state index contributed by atoms with van der Waals surface area (Å²) in [7, 11) is -3.56. The Bertz CT molecular complexity index is 658. The highest BCUT2D eigenvalue weighted by Gasteiger charge is 2.31. The normalized spacial score (nSPS) is 18.9. The molecule has 0 bridgehead atoms. The number of nitrogens with zero attached hydrogens (tertiary/aromatic N) is 2. The van der Waals surface area contributed by atoms with Crippen molar-refractivity contribution >= 4 is 43.4 Å².